The molecular formula is C13H11ClN4O. The molecule has 1 aromatic carbocycles. The number of nitrogens with zero attached hydrogens (tertiary/aromatic N) is 4. The monoisotopic (exact) mass is 274 g/mol. The zero-order chi connectivity index (χ0) is 13.2. The Labute approximate surface area is 114 Å². The maximum atomic E-state index is 9.82. The highest BCUT2D eigenvalue weighted by Gasteiger charge is 2.10. The zero-order valence-electron chi connectivity index (χ0n) is 9.99. The fraction of sp³-hybridized carbons (Fsp3) is 0.154. The van der Waals surface area contributed by atoms with Crippen molar-refractivity contribution in [3.63, 3.8) is 0 Å². The highest BCUT2D eigenvalue weighted by molar-refractivity contribution is 6.16. The first-order chi connectivity index (χ1) is 9.26. The second kappa shape index (κ2) is 4.85. The van der Waals surface area contributed by atoms with Crippen LogP contribution in [0.25, 0.3) is 5.78 Å². The summed E-state index contributed by atoms with van der Waals surface area (Å²) >= 11 is 5.70. The van der Waals surface area contributed by atoms with E-state index in [0.29, 0.717) is 23.7 Å². The zero-order valence-corrected chi connectivity index (χ0v) is 10.7. The van der Waals surface area contributed by atoms with Gasteiger partial charge in [-0.3, -0.25) is 0 Å². The van der Waals surface area contributed by atoms with Gasteiger partial charge in [0.2, 0.25) is 5.88 Å². The maximum absolute atomic E-state index is 9.82. The van der Waals surface area contributed by atoms with Crippen LogP contribution in [0.5, 0.6) is 5.88 Å². The first-order valence-electron chi connectivity index (χ1n) is 5.80. The Hall–Kier alpha value is -2.14. The summed E-state index contributed by atoms with van der Waals surface area (Å²) in [7, 11) is 0. The van der Waals surface area contributed by atoms with Crippen molar-refractivity contribution < 1.29 is 5.11 Å². The molecule has 0 aliphatic heterocycles. The topological polar surface area (TPSA) is 63.3 Å². The predicted octanol–water partition coefficient (Wildman–Crippen LogP) is 2.16. The lowest BCUT2D eigenvalue weighted by molar-refractivity contribution is 0.433. The first kappa shape index (κ1) is 11.9. The SMILES string of the molecule is Oc1cc(CCl)nc2nc(Cc3ccccc3)nn12. The fourth-order valence-corrected chi connectivity index (χ4v) is 2.00. The van der Waals surface area contributed by atoms with E-state index in [2.05, 4.69) is 15.1 Å². The van der Waals surface area contributed by atoms with Crippen LogP contribution in [0.15, 0.2) is 36.4 Å². The Morgan fingerprint density at radius 3 is 2.68 bits per heavy atom. The molecular weight excluding hydrogens is 264 g/mol. The molecule has 0 spiro atoms. The largest absolute Gasteiger partial charge is 0.493 e. The van der Waals surface area contributed by atoms with Gasteiger partial charge in [0.25, 0.3) is 5.78 Å². The van der Waals surface area contributed by atoms with E-state index < -0.39 is 0 Å². The molecule has 6 heteroatoms. The average Bonchev–Trinajstić information content (AvgIpc) is 2.83. The summed E-state index contributed by atoms with van der Waals surface area (Å²) < 4.78 is 1.31. The van der Waals surface area contributed by atoms with Gasteiger partial charge >= 0.3 is 0 Å². The van der Waals surface area contributed by atoms with Gasteiger partial charge in [-0.2, -0.15) is 9.50 Å². The van der Waals surface area contributed by atoms with Crippen molar-refractivity contribution in [3.8, 4) is 5.88 Å². The molecule has 5 nitrogen and oxygen atoms in total. The summed E-state index contributed by atoms with van der Waals surface area (Å²) in [5, 5.41) is 14.1. The third-order valence-electron chi connectivity index (χ3n) is 2.73. The lowest BCUT2D eigenvalue weighted by atomic mass is 10.1. The van der Waals surface area contributed by atoms with Gasteiger partial charge in [0.05, 0.1) is 11.6 Å². The summed E-state index contributed by atoms with van der Waals surface area (Å²) in [4.78, 5) is 8.51. The van der Waals surface area contributed by atoms with E-state index in [9.17, 15) is 5.11 Å². The van der Waals surface area contributed by atoms with Crippen molar-refractivity contribution in [2.75, 3.05) is 0 Å². The van der Waals surface area contributed by atoms with Gasteiger partial charge in [-0.05, 0) is 5.56 Å². The molecule has 1 N–H and O–H groups in total. The van der Waals surface area contributed by atoms with Gasteiger partial charge in [0, 0.05) is 12.5 Å². The Morgan fingerprint density at radius 1 is 1.16 bits per heavy atom. The van der Waals surface area contributed by atoms with Crippen molar-refractivity contribution in [3.05, 3.63) is 53.5 Å². The molecule has 0 aliphatic rings. The minimum Gasteiger partial charge on any atom is -0.493 e. The normalized spacial score (nSPS) is 11.0. The van der Waals surface area contributed by atoms with Gasteiger partial charge in [0.15, 0.2) is 5.82 Å². The molecule has 2 aromatic heterocycles. The second-order valence-electron chi connectivity index (χ2n) is 4.14. The molecule has 2 heterocycles. The number of alkyl halides is 1. The van der Waals surface area contributed by atoms with E-state index in [1.54, 1.807) is 0 Å². The minimum atomic E-state index is -0.00698. The van der Waals surface area contributed by atoms with E-state index in [0.717, 1.165) is 5.56 Å². The maximum Gasteiger partial charge on any atom is 0.255 e. The smallest absolute Gasteiger partial charge is 0.255 e. The quantitative estimate of drug-likeness (QED) is 0.744. The Kier molecular flexibility index (Phi) is 3.05. The molecule has 19 heavy (non-hydrogen) atoms. The van der Waals surface area contributed by atoms with Crippen LogP contribution in [0.2, 0.25) is 0 Å². The number of fused-ring (bicyclic) bond motifs is 1. The van der Waals surface area contributed by atoms with Crippen LogP contribution < -0.4 is 0 Å². The van der Waals surface area contributed by atoms with E-state index >= 15 is 0 Å². The van der Waals surface area contributed by atoms with Gasteiger partial charge in [0.1, 0.15) is 0 Å². The van der Waals surface area contributed by atoms with Crippen LogP contribution in [-0.2, 0) is 12.3 Å². The number of hydrogen-bond acceptors (Lipinski definition) is 4. The Bertz CT molecular complexity index is 711. The summed E-state index contributed by atoms with van der Waals surface area (Å²) in [6.45, 7) is 0. The van der Waals surface area contributed by atoms with E-state index in [-0.39, 0.29) is 11.8 Å². The van der Waals surface area contributed by atoms with E-state index in [1.807, 2.05) is 30.3 Å². The number of aromatic hydroxyl groups is 1. The molecule has 96 valence electrons. The van der Waals surface area contributed by atoms with Crippen LogP contribution in [0.3, 0.4) is 0 Å². The first-order valence-corrected chi connectivity index (χ1v) is 6.34. The van der Waals surface area contributed by atoms with Crippen LogP contribution in [0, 0.1) is 0 Å². The number of aromatic nitrogens is 4. The molecule has 3 aromatic rings. The molecule has 3 rings (SSSR count). The molecule has 0 unspecified atom stereocenters. The standard InChI is InChI=1S/C13H11ClN4O/c14-8-10-7-12(19)18-13(15-10)16-11(17-18)6-9-4-2-1-3-5-9/h1-5,7,19H,6,8H2. The third-order valence-corrected chi connectivity index (χ3v) is 3.01. The second-order valence-corrected chi connectivity index (χ2v) is 4.41. The molecule has 0 saturated heterocycles. The number of benzene rings is 1. The van der Waals surface area contributed by atoms with Crippen molar-refractivity contribution in [2.24, 2.45) is 0 Å². The van der Waals surface area contributed by atoms with Crippen molar-refractivity contribution in [1.29, 1.82) is 0 Å². The summed E-state index contributed by atoms with van der Waals surface area (Å²) in [6, 6.07) is 11.4. The van der Waals surface area contributed by atoms with E-state index in [1.165, 1.54) is 10.6 Å². The molecule has 0 bridgehead atoms. The fourth-order valence-electron chi connectivity index (χ4n) is 1.86. The predicted molar refractivity (Wildman–Crippen MR) is 71.3 cm³/mol. The minimum absolute atomic E-state index is 0.00698. The number of hydrogen-bond donors (Lipinski definition) is 1. The molecule has 0 aliphatic carbocycles. The number of rotatable bonds is 3. The molecule has 0 amide bonds. The van der Waals surface area contributed by atoms with E-state index in [4.69, 9.17) is 11.6 Å². The van der Waals surface area contributed by atoms with Crippen LogP contribution in [-0.4, -0.2) is 24.7 Å². The molecule has 0 atom stereocenters. The highest BCUT2D eigenvalue weighted by Crippen LogP contribution is 2.15. The van der Waals surface area contributed by atoms with Crippen LogP contribution in [0.1, 0.15) is 17.1 Å². The molecule has 0 saturated carbocycles. The van der Waals surface area contributed by atoms with Gasteiger partial charge in [-0.1, -0.05) is 30.3 Å². The van der Waals surface area contributed by atoms with Gasteiger partial charge in [-0.15, -0.1) is 16.7 Å². The van der Waals surface area contributed by atoms with Crippen molar-refractivity contribution in [1.82, 2.24) is 19.6 Å². The number of halogens is 1. The average molecular weight is 275 g/mol. The third kappa shape index (κ3) is 2.37. The van der Waals surface area contributed by atoms with Crippen molar-refractivity contribution >= 4 is 17.4 Å². The Morgan fingerprint density at radius 2 is 1.95 bits per heavy atom. The van der Waals surface area contributed by atoms with Crippen LogP contribution in [0.4, 0.5) is 0 Å². The summed E-state index contributed by atoms with van der Waals surface area (Å²) in [5.74, 6) is 1.19. The molecule has 0 radical (unpaired) electrons. The van der Waals surface area contributed by atoms with Crippen LogP contribution >= 0.6 is 11.6 Å². The summed E-state index contributed by atoms with van der Waals surface area (Å²) in [5.41, 5.74) is 1.68. The van der Waals surface area contributed by atoms with Gasteiger partial charge < -0.3 is 5.11 Å². The van der Waals surface area contributed by atoms with Crippen molar-refractivity contribution in [2.45, 2.75) is 12.3 Å². The Balaban J connectivity index is 2.00. The molecule has 0 fully saturated rings. The lowest BCUT2D eigenvalue weighted by Crippen LogP contribution is -1.95. The summed E-state index contributed by atoms with van der Waals surface area (Å²) in [6.07, 6.45) is 0.597. The van der Waals surface area contributed by atoms with Gasteiger partial charge in [-0.25, -0.2) is 4.98 Å². The lowest BCUT2D eigenvalue weighted by Gasteiger charge is -1.97. The highest BCUT2D eigenvalue weighted by atomic mass is 35.5.